The van der Waals surface area contributed by atoms with E-state index in [4.69, 9.17) is 5.11 Å². The second-order valence-corrected chi connectivity index (χ2v) is 5.03. The van der Waals surface area contributed by atoms with Crippen LogP contribution in [0.15, 0.2) is 48.8 Å². The summed E-state index contributed by atoms with van der Waals surface area (Å²) in [6.07, 6.45) is -1.78. The SMILES string of the molecule is O=C(O)Cc1cnn2ccc(-c3ccccc3C(F)(F)F)cc12. The van der Waals surface area contributed by atoms with Crippen LogP contribution in [0.25, 0.3) is 16.6 Å². The minimum absolute atomic E-state index is 0.0463. The number of rotatable bonds is 3. The Labute approximate surface area is 128 Å². The second-order valence-electron chi connectivity index (χ2n) is 5.03. The number of benzene rings is 1. The minimum atomic E-state index is -4.47. The van der Waals surface area contributed by atoms with Gasteiger partial charge in [-0.15, -0.1) is 0 Å². The van der Waals surface area contributed by atoms with E-state index in [2.05, 4.69) is 5.10 Å². The Morgan fingerprint density at radius 1 is 1.22 bits per heavy atom. The number of carboxylic acid groups (broad SMARTS) is 1. The maximum Gasteiger partial charge on any atom is 0.417 e. The standard InChI is InChI=1S/C16H11F3N2O2/c17-16(18,19)13-4-2-1-3-12(13)10-5-6-21-14(7-10)11(9-20-21)8-15(22)23/h1-7,9H,8H2,(H,22,23). The van der Waals surface area contributed by atoms with Crippen LogP contribution in [-0.4, -0.2) is 20.7 Å². The van der Waals surface area contributed by atoms with Gasteiger partial charge in [-0.05, 0) is 29.3 Å². The Morgan fingerprint density at radius 3 is 2.65 bits per heavy atom. The Hall–Kier alpha value is -2.83. The van der Waals surface area contributed by atoms with E-state index in [0.29, 0.717) is 16.6 Å². The predicted octanol–water partition coefficient (Wildman–Crippen LogP) is 3.65. The summed E-state index contributed by atoms with van der Waals surface area (Å²) >= 11 is 0. The lowest BCUT2D eigenvalue weighted by Gasteiger charge is -2.13. The molecule has 1 N–H and O–H groups in total. The summed E-state index contributed by atoms with van der Waals surface area (Å²) in [6.45, 7) is 0. The molecule has 1 aromatic carbocycles. The summed E-state index contributed by atoms with van der Waals surface area (Å²) in [5, 5.41) is 12.9. The third-order valence-electron chi connectivity index (χ3n) is 3.49. The van der Waals surface area contributed by atoms with E-state index in [0.717, 1.165) is 6.07 Å². The van der Waals surface area contributed by atoms with E-state index in [1.54, 1.807) is 0 Å². The fourth-order valence-corrected chi connectivity index (χ4v) is 2.48. The third kappa shape index (κ3) is 2.90. The summed E-state index contributed by atoms with van der Waals surface area (Å²) in [6, 6.07) is 8.32. The summed E-state index contributed by atoms with van der Waals surface area (Å²) in [5.41, 5.74) is 0.594. The average Bonchev–Trinajstić information content (AvgIpc) is 2.88. The molecule has 2 aromatic heterocycles. The van der Waals surface area contributed by atoms with Gasteiger partial charge in [0, 0.05) is 11.8 Å². The number of hydrogen-bond donors (Lipinski definition) is 1. The summed E-state index contributed by atoms with van der Waals surface area (Å²) in [4.78, 5) is 10.9. The first-order valence-electron chi connectivity index (χ1n) is 6.71. The highest BCUT2D eigenvalue weighted by Crippen LogP contribution is 2.37. The van der Waals surface area contributed by atoms with Gasteiger partial charge in [-0.25, -0.2) is 4.52 Å². The first-order chi connectivity index (χ1) is 10.9. The van der Waals surface area contributed by atoms with Crippen molar-refractivity contribution in [1.82, 2.24) is 9.61 Å². The molecule has 0 bridgehead atoms. The van der Waals surface area contributed by atoms with Gasteiger partial charge in [0.1, 0.15) is 0 Å². The molecule has 2 heterocycles. The number of aliphatic carboxylic acids is 1. The van der Waals surface area contributed by atoms with Crippen LogP contribution >= 0.6 is 0 Å². The van der Waals surface area contributed by atoms with Crippen LogP contribution in [0.5, 0.6) is 0 Å². The maximum absolute atomic E-state index is 13.1. The fourth-order valence-electron chi connectivity index (χ4n) is 2.48. The zero-order valence-corrected chi connectivity index (χ0v) is 11.7. The number of nitrogens with zero attached hydrogens (tertiary/aromatic N) is 2. The van der Waals surface area contributed by atoms with E-state index < -0.39 is 17.7 Å². The molecule has 3 rings (SSSR count). The van der Waals surface area contributed by atoms with Crippen molar-refractivity contribution < 1.29 is 23.1 Å². The smallest absolute Gasteiger partial charge is 0.417 e. The normalized spacial score (nSPS) is 11.8. The van der Waals surface area contributed by atoms with Crippen molar-refractivity contribution in [3.05, 3.63) is 59.9 Å². The quantitative estimate of drug-likeness (QED) is 0.801. The van der Waals surface area contributed by atoms with E-state index in [1.807, 2.05) is 0 Å². The molecule has 0 aliphatic heterocycles. The number of fused-ring (bicyclic) bond motifs is 1. The van der Waals surface area contributed by atoms with E-state index in [-0.39, 0.29) is 12.0 Å². The van der Waals surface area contributed by atoms with Gasteiger partial charge >= 0.3 is 12.1 Å². The van der Waals surface area contributed by atoms with Gasteiger partial charge < -0.3 is 5.11 Å². The van der Waals surface area contributed by atoms with Crippen molar-refractivity contribution in [2.45, 2.75) is 12.6 Å². The number of hydrogen-bond acceptors (Lipinski definition) is 2. The number of carboxylic acids is 1. The molecule has 0 fully saturated rings. The van der Waals surface area contributed by atoms with Crippen LogP contribution in [0.3, 0.4) is 0 Å². The molecule has 0 aliphatic rings. The largest absolute Gasteiger partial charge is 0.481 e. The first kappa shape index (κ1) is 15.1. The van der Waals surface area contributed by atoms with Crippen molar-refractivity contribution in [3.63, 3.8) is 0 Å². The molecule has 0 amide bonds. The van der Waals surface area contributed by atoms with Crippen LogP contribution in [-0.2, 0) is 17.4 Å². The fraction of sp³-hybridized carbons (Fsp3) is 0.125. The second kappa shape index (κ2) is 5.42. The van der Waals surface area contributed by atoms with Gasteiger partial charge in [0.25, 0.3) is 0 Å². The van der Waals surface area contributed by atoms with Gasteiger partial charge in [0.15, 0.2) is 0 Å². The zero-order chi connectivity index (χ0) is 16.6. The van der Waals surface area contributed by atoms with Gasteiger partial charge in [0.2, 0.25) is 0 Å². The predicted molar refractivity (Wildman–Crippen MR) is 77.0 cm³/mol. The lowest BCUT2D eigenvalue weighted by molar-refractivity contribution is -0.137. The summed E-state index contributed by atoms with van der Waals surface area (Å²) in [5.74, 6) is -1.03. The van der Waals surface area contributed by atoms with Crippen molar-refractivity contribution in [3.8, 4) is 11.1 Å². The van der Waals surface area contributed by atoms with Gasteiger partial charge in [-0.3, -0.25) is 4.79 Å². The summed E-state index contributed by atoms with van der Waals surface area (Å²) in [7, 11) is 0. The highest BCUT2D eigenvalue weighted by molar-refractivity contribution is 5.77. The molecule has 0 saturated heterocycles. The van der Waals surface area contributed by atoms with E-state index >= 15 is 0 Å². The molecule has 23 heavy (non-hydrogen) atoms. The molecule has 0 radical (unpaired) electrons. The van der Waals surface area contributed by atoms with Crippen LogP contribution in [0.4, 0.5) is 13.2 Å². The van der Waals surface area contributed by atoms with Crippen LogP contribution < -0.4 is 0 Å². The first-order valence-corrected chi connectivity index (χ1v) is 6.71. The molecule has 0 atom stereocenters. The molecule has 3 aromatic rings. The molecule has 0 spiro atoms. The molecule has 4 nitrogen and oxygen atoms in total. The summed E-state index contributed by atoms with van der Waals surface area (Å²) < 4.78 is 40.9. The monoisotopic (exact) mass is 320 g/mol. The van der Waals surface area contributed by atoms with Crippen LogP contribution in [0.1, 0.15) is 11.1 Å². The zero-order valence-electron chi connectivity index (χ0n) is 11.7. The van der Waals surface area contributed by atoms with Crippen molar-refractivity contribution >= 4 is 11.5 Å². The Morgan fingerprint density at radius 2 is 1.96 bits per heavy atom. The number of alkyl halides is 3. The number of aromatic nitrogens is 2. The number of pyridine rings is 1. The van der Waals surface area contributed by atoms with Crippen molar-refractivity contribution in [2.75, 3.05) is 0 Å². The maximum atomic E-state index is 13.1. The molecule has 7 heteroatoms. The van der Waals surface area contributed by atoms with Crippen molar-refractivity contribution in [2.24, 2.45) is 0 Å². The van der Waals surface area contributed by atoms with Gasteiger partial charge in [-0.1, -0.05) is 18.2 Å². The highest BCUT2D eigenvalue weighted by Gasteiger charge is 2.33. The minimum Gasteiger partial charge on any atom is -0.481 e. The molecule has 0 aliphatic carbocycles. The number of halogens is 3. The molecule has 118 valence electrons. The highest BCUT2D eigenvalue weighted by atomic mass is 19.4. The van der Waals surface area contributed by atoms with E-state index in [9.17, 15) is 18.0 Å². The van der Waals surface area contributed by atoms with E-state index in [1.165, 1.54) is 47.2 Å². The molecule has 0 unspecified atom stereocenters. The Bertz CT molecular complexity index is 884. The Kier molecular flexibility index (Phi) is 3.55. The van der Waals surface area contributed by atoms with Gasteiger partial charge in [0.05, 0.1) is 23.7 Å². The Balaban J connectivity index is 2.16. The topological polar surface area (TPSA) is 54.6 Å². The lowest BCUT2D eigenvalue weighted by atomic mass is 9.99. The molecular weight excluding hydrogens is 309 g/mol. The van der Waals surface area contributed by atoms with Crippen LogP contribution in [0.2, 0.25) is 0 Å². The third-order valence-corrected chi connectivity index (χ3v) is 3.49. The van der Waals surface area contributed by atoms with Crippen molar-refractivity contribution in [1.29, 1.82) is 0 Å². The molecular formula is C16H11F3N2O2. The number of carbonyl (C=O) groups is 1. The van der Waals surface area contributed by atoms with Gasteiger partial charge in [-0.2, -0.15) is 18.3 Å². The average molecular weight is 320 g/mol. The lowest BCUT2D eigenvalue weighted by Crippen LogP contribution is -2.07. The molecule has 0 saturated carbocycles. The van der Waals surface area contributed by atoms with Crippen LogP contribution in [0, 0.1) is 0 Å².